The van der Waals surface area contributed by atoms with Crippen molar-refractivity contribution in [1.82, 2.24) is 4.90 Å². The minimum absolute atomic E-state index is 0.210. The third kappa shape index (κ3) is 5.20. The average Bonchev–Trinajstić information content (AvgIpc) is 3.31. The molecule has 0 heterocycles. The van der Waals surface area contributed by atoms with Crippen LogP contribution in [-0.2, 0) is 4.74 Å². The van der Waals surface area contributed by atoms with Gasteiger partial charge in [0.25, 0.3) is 0 Å². The van der Waals surface area contributed by atoms with Crippen LogP contribution in [0.1, 0.15) is 36.5 Å². The molecule has 0 amide bonds. The molecule has 3 nitrogen and oxygen atoms in total. The highest BCUT2D eigenvalue weighted by molar-refractivity contribution is 9.10. The number of ether oxygens (including phenoxy) is 1. The molecule has 1 aliphatic rings. The van der Waals surface area contributed by atoms with E-state index >= 15 is 0 Å². The molecule has 2 rings (SSSR count). The van der Waals surface area contributed by atoms with Crippen molar-refractivity contribution < 1.29 is 9.53 Å². The largest absolute Gasteiger partial charge is 0.383 e. The van der Waals surface area contributed by atoms with Gasteiger partial charge in [0.2, 0.25) is 0 Å². The molecule has 0 spiro atoms. The summed E-state index contributed by atoms with van der Waals surface area (Å²) in [6.07, 6.45) is 3.21. The van der Waals surface area contributed by atoms with E-state index in [-0.39, 0.29) is 5.78 Å². The van der Waals surface area contributed by atoms with E-state index in [2.05, 4.69) is 27.8 Å². The van der Waals surface area contributed by atoms with Gasteiger partial charge >= 0.3 is 0 Å². The predicted octanol–water partition coefficient (Wildman–Crippen LogP) is 3.77. The molecule has 1 aromatic carbocycles. The summed E-state index contributed by atoms with van der Waals surface area (Å²) < 4.78 is 6.15. The van der Waals surface area contributed by atoms with Gasteiger partial charge in [-0.3, -0.25) is 9.69 Å². The molecule has 0 aromatic heterocycles. The van der Waals surface area contributed by atoms with Gasteiger partial charge in [0.1, 0.15) is 0 Å². The molecule has 1 aliphatic carbocycles. The highest BCUT2D eigenvalue weighted by atomic mass is 79.9. The van der Waals surface area contributed by atoms with Crippen molar-refractivity contribution in [3.05, 3.63) is 34.3 Å². The van der Waals surface area contributed by atoms with Crippen LogP contribution in [-0.4, -0.2) is 43.5 Å². The third-order valence-corrected chi connectivity index (χ3v) is 4.73. The highest BCUT2D eigenvalue weighted by Gasteiger charge is 2.31. The van der Waals surface area contributed by atoms with Crippen LogP contribution >= 0.6 is 15.9 Å². The van der Waals surface area contributed by atoms with Crippen molar-refractivity contribution >= 4 is 21.7 Å². The number of ketones is 1. The zero-order valence-corrected chi connectivity index (χ0v) is 14.4. The van der Waals surface area contributed by atoms with Gasteiger partial charge in [0.15, 0.2) is 5.78 Å². The van der Waals surface area contributed by atoms with Crippen LogP contribution in [0.4, 0.5) is 0 Å². The van der Waals surface area contributed by atoms with Crippen LogP contribution in [0.5, 0.6) is 0 Å². The Morgan fingerprint density at radius 3 is 2.81 bits per heavy atom. The molecule has 0 saturated heterocycles. The minimum atomic E-state index is 0.210. The first-order valence-electron chi connectivity index (χ1n) is 7.63. The minimum Gasteiger partial charge on any atom is -0.383 e. The summed E-state index contributed by atoms with van der Waals surface area (Å²) in [7, 11) is 1.73. The molecule has 0 radical (unpaired) electrons. The van der Waals surface area contributed by atoms with E-state index in [1.54, 1.807) is 7.11 Å². The number of hydrogen-bond donors (Lipinski definition) is 0. The summed E-state index contributed by atoms with van der Waals surface area (Å²) in [6, 6.07) is 8.18. The number of benzene rings is 1. The molecule has 0 aliphatic heterocycles. The Bertz CT molecular complexity index is 474. The molecule has 1 unspecified atom stereocenters. The summed E-state index contributed by atoms with van der Waals surface area (Å²) in [5.74, 6) is 1.02. The van der Waals surface area contributed by atoms with E-state index in [9.17, 15) is 4.79 Å². The van der Waals surface area contributed by atoms with Crippen molar-refractivity contribution in [2.45, 2.75) is 32.2 Å². The monoisotopic (exact) mass is 353 g/mol. The summed E-state index contributed by atoms with van der Waals surface area (Å²) in [6.45, 7) is 4.71. The first-order valence-corrected chi connectivity index (χ1v) is 8.43. The van der Waals surface area contributed by atoms with Crippen LogP contribution in [0.2, 0.25) is 0 Å². The fourth-order valence-electron chi connectivity index (χ4n) is 2.66. The number of carbonyl (C=O) groups excluding carboxylic acids is 1. The van der Waals surface area contributed by atoms with Gasteiger partial charge in [-0.25, -0.2) is 0 Å². The topological polar surface area (TPSA) is 29.5 Å². The molecule has 116 valence electrons. The maximum absolute atomic E-state index is 12.3. The van der Waals surface area contributed by atoms with Crippen LogP contribution in [0, 0.1) is 5.92 Å². The van der Waals surface area contributed by atoms with Gasteiger partial charge in [0, 0.05) is 42.7 Å². The number of hydrogen-bond acceptors (Lipinski definition) is 3. The van der Waals surface area contributed by atoms with Crippen LogP contribution in [0.3, 0.4) is 0 Å². The maximum atomic E-state index is 12.3. The van der Waals surface area contributed by atoms with E-state index in [1.807, 2.05) is 24.3 Å². The molecule has 0 bridgehead atoms. The Kier molecular flexibility index (Phi) is 6.40. The van der Waals surface area contributed by atoms with Gasteiger partial charge < -0.3 is 4.74 Å². The molecule has 4 heteroatoms. The number of nitrogens with zero attached hydrogens (tertiary/aromatic N) is 1. The normalized spacial score (nSPS) is 16.2. The Morgan fingerprint density at radius 2 is 2.19 bits per heavy atom. The lowest BCUT2D eigenvalue weighted by Gasteiger charge is -2.28. The number of halogens is 1. The fourth-order valence-corrected chi connectivity index (χ4v) is 3.06. The summed E-state index contributed by atoms with van der Waals surface area (Å²) >= 11 is 3.42. The first-order chi connectivity index (χ1) is 10.1. The standard InChI is InChI=1S/C17H24BrNO2/c1-13(14-6-7-14)19(10-11-21-2)9-8-17(20)15-4-3-5-16(18)12-15/h3-5,12-14H,6-11H2,1-2H3. The Morgan fingerprint density at radius 1 is 1.43 bits per heavy atom. The van der Waals surface area contributed by atoms with Crippen LogP contribution < -0.4 is 0 Å². The second-order valence-corrected chi connectivity index (χ2v) is 6.71. The van der Waals surface area contributed by atoms with Gasteiger partial charge in [-0.1, -0.05) is 28.1 Å². The molecule has 1 aromatic rings. The quantitative estimate of drug-likeness (QED) is 0.633. The van der Waals surface area contributed by atoms with Crippen molar-refractivity contribution in [2.75, 3.05) is 26.8 Å². The Hall–Kier alpha value is -0.710. The predicted molar refractivity (Wildman–Crippen MR) is 88.7 cm³/mol. The number of Topliss-reactive ketones (excluding diaryl/α,β-unsaturated/α-hetero) is 1. The van der Waals surface area contributed by atoms with Gasteiger partial charge in [0.05, 0.1) is 6.61 Å². The molecule has 1 atom stereocenters. The van der Waals surface area contributed by atoms with Gasteiger partial charge in [-0.05, 0) is 37.8 Å². The maximum Gasteiger partial charge on any atom is 0.164 e. The van der Waals surface area contributed by atoms with Crippen molar-refractivity contribution in [3.63, 3.8) is 0 Å². The smallest absolute Gasteiger partial charge is 0.164 e. The van der Waals surface area contributed by atoms with Crippen molar-refractivity contribution in [2.24, 2.45) is 5.92 Å². The van der Waals surface area contributed by atoms with E-state index in [4.69, 9.17) is 4.74 Å². The molecule has 21 heavy (non-hydrogen) atoms. The van der Waals surface area contributed by atoms with Crippen LogP contribution in [0.15, 0.2) is 28.7 Å². The molecule has 1 fully saturated rings. The van der Waals surface area contributed by atoms with Crippen molar-refractivity contribution in [1.29, 1.82) is 0 Å². The van der Waals surface area contributed by atoms with Crippen molar-refractivity contribution in [3.8, 4) is 0 Å². The average molecular weight is 354 g/mol. The lowest BCUT2D eigenvalue weighted by atomic mass is 10.1. The Labute approximate surface area is 135 Å². The van der Waals surface area contributed by atoms with Gasteiger partial charge in [-0.15, -0.1) is 0 Å². The van der Waals surface area contributed by atoms with E-state index < -0.39 is 0 Å². The molecular weight excluding hydrogens is 330 g/mol. The zero-order chi connectivity index (χ0) is 15.2. The van der Waals surface area contributed by atoms with E-state index in [0.29, 0.717) is 12.5 Å². The fraction of sp³-hybridized carbons (Fsp3) is 0.588. The SMILES string of the molecule is COCCN(CCC(=O)c1cccc(Br)c1)C(C)C1CC1. The Balaban J connectivity index is 1.89. The van der Waals surface area contributed by atoms with Gasteiger partial charge in [-0.2, -0.15) is 0 Å². The third-order valence-electron chi connectivity index (χ3n) is 4.24. The molecular formula is C17H24BrNO2. The number of carbonyl (C=O) groups is 1. The summed E-state index contributed by atoms with van der Waals surface area (Å²) in [5.41, 5.74) is 0.787. The molecule has 0 N–H and O–H groups in total. The van der Waals surface area contributed by atoms with Crippen LogP contribution in [0.25, 0.3) is 0 Å². The second-order valence-electron chi connectivity index (χ2n) is 5.79. The lowest BCUT2D eigenvalue weighted by molar-refractivity contribution is 0.0902. The molecule has 1 saturated carbocycles. The number of methoxy groups -OCH3 is 1. The van der Waals surface area contributed by atoms with E-state index in [0.717, 1.165) is 35.7 Å². The lowest BCUT2D eigenvalue weighted by Crippen LogP contribution is -2.38. The summed E-state index contributed by atoms with van der Waals surface area (Å²) in [5, 5.41) is 0. The number of rotatable bonds is 9. The first kappa shape index (κ1) is 16.7. The highest BCUT2D eigenvalue weighted by Crippen LogP contribution is 2.35. The summed E-state index contributed by atoms with van der Waals surface area (Å²) in [4.78, 5) is 14.7. The van der Waals surface area contributed by atoms with E-state index in [1.165, 1.54) is 12.8 Å². The zero-order valence-electron chi connectivity index (χ0n) is 12.8. The second kappa shape index (κ2) is 8.06.